The zero-order valence-electron chi connectivity index (χ0n) is 15.9. The molecule has 0 aliphatic carbocycles. The Hall–Kier alpha value is -3.30. The van der Waals surface area contributed by atoms with E-state index in [9.17, 15) is 10.1 Å². The molecule has 0 saturated carbocycles. The molecule has 0 spiro atoms. The van der Waals surface area contributed by atoms with Crippen molar-refractivity contribution < 1.29 is 14.3 Å². The highest BCUT2D eigenvalue weighted by molar-refractivity contribution is 6.09. The topological polar surface area (TPSA) is 74.6 Å². The smallest absolute Gasteiger partial charge is 0.266 e. The summed E-state index contributed by atoms with van der Waals surface area (Å²) in [6, 6.07) is 16.8. The Kier molecular flexibility index (Phi) is 6.66. The molecule has 144 valence electrons. The molecule has 28 heavy (non-hydrogen) atoms. The lowest BCUT2D eigenvalue weighted by Gasteiger charge is -2.28. The maximum atomic E-state index is 12.4. The number of amides is 1. The second-order valence-electron chi connectivity index (χ2n) is 6.27. The van der Waals surface area contributed by atoms with E-state index in [4.69, 9.17) is 9.47 Å². The van der Waals surface area contributed by atoms with Crippen LogP contribution in [0.15, 0.2) is 54.1 Å². The molecule has 1 saturated heterocycles. The van der Waals surface area contributed by atoms with Crippen LogP contribution in [0.3, 0.4) is 0 Å². The Morgan fingerprint density at radius 3 is 2.46 bits per heavy atom. The highest BCUT2D eigenvalue weighted by Crippen LogP contribution is 2.19. The van der Waals surface area contributed by atoms with Gasteiger partial charge in [-0.25, -0.2) is 0 Å². The van der Waals surface area contributed by atoms with Gasteiger partial charge < -0.3 is 19.7 Å². The van der Waals surface area contributed by atoms with Gasteiger partial charge in [0.05, 0.1) is 19.8 Å². The van der Waals surface area contributed by atoms with Crippen molar-refractivity contribution in [1.82, 2.24) is 0 Å². The number of morpholine rings is 1. The van der Waals surface area contributed by atoms with Crippen LogP contribution in [0.1, 0.15) is 12.5 Å². The molecule has 1 aliphatic rings. The zero-order chi connectivity index (χ0) is 19.8. The van der Waals surface area contributed by atoms with Crippen LogP contribution in [0, 0.1) is 11.3 Å². The van der Waals surface area contributed by atoms with E-state index in [2.05, 4.69) is 10.2 Å². The van der Waals surface area contributed by atoms with Gasteiger partial charge in [0.1, 0.15) is 17.4 Å². The first kappa shape index (κ1) is 19.5. The van der Waals surface area contributed by atoms with Crippen LogP contribution in [-0.4, -0.2) is 38.8 Å². The molecule has 1 fully saturated rings. The number of carbonyl (C=O) groups is 1. The lowest BCUT2D eigenvalue weighted by molar-refractivity contribution is -0.112. The SMILES string of the molecule is CCOc1ccc(NC(=O)/C(C#N)=C\c2ccc(N3CCOCC3)cc2)cc1. The first-order chi connectivity index (χ1) is 13.7. The van der Waals surface area contributed by atoms with Crippen LogP contribution in [0.2, 0.25) is 0 Å². The summed E-state index contributed by atoms with van der Waals surface area (Å²) in [5, 5.41) is 12.1. The van der Waals surface area contributed by atoms with E-state index < -0.39 is 5.91 Å². The van der Waals surface area contributed by atoms with Crippen molar-refractivity contribution >= 4 is 23.4 Å². The number of hydrogen-bond donors (Lipinski definition) is 1. The molecule has 0 atom stereocenters. The summed E-state index contributed by atoms with van der Waals surface area (Å²) in [6.07, 6.45) is 1.59. The van der Waals surface area contributed by atoms with Gasteiger partial charge in [-0.1, -0.05) is 12.1 Å². The van der Waals surface area contributed by atoms with Crippen LogP contribution in [0.25, 0.3) is 6.08 Å². The molecule has 1 amide bonds. The largest absolute Gasteiger partial charge is 0.494 e. The highest BCUT2D eigenvalue weighted by Gasteiger charge is 2.12. The van der Waals surface area contributed by atoms with Crippen molar-refractivity contribution in [3.05, 3.63) is 59.7 Å². The molecule has 0 aromatic heterocycles. The molecule has 3 rings (SSSR count). The van der Waals surface area contributed by atoms with Gasteiger partial charge in [-0.2, -0.15) is 5.26 Å². The van der Waals surface area contributed by atoms with Crippen LogP contribution < -0.4 is 15.0 Å². The Bertz CT molecular complexity index is 861. The van der Waals surface area contributed by atoms with E-state index in [1.165, 1.54) is 0 Å². The Morgan fingerprint density at radius 1 is 1.18 bits per heavy atom. The minimum Gasteiger partial charge on any atom is -0.494 e. The quantitative estimate of drug-likeness (QED) is 0.616. The molecule has 0 bridgehead atoms. The minimum atomic E-state index is -0.441. The number of ether oxygens (including phenoxy) is 2. The average Bonchev–Trinajstić information content (AvgIpc) is 2.74. The molecule has 2 aromatic carbocycles. The van der Waals surface area contributed by atoms with E-state index in [1.807, 2.05) is 37.3 Å². The van der Waals surface area contributed by atoms with Gasteiger partial charge in [0.2, 0.25) is 0 Å². The summed E-state index contributed by atoms with van der Waals surface area (Å²) < 4.78 is 10.7. The normalized spacial score (nSPS) is 14.3. The molecule has 1 N–H and O–H groups in total. The molecule has 6 nitrogen and oxygen atoms in total. The molecule has 1 aliphatic heterocycles. The summed E-state index contributed by atoms with van der Waals surface area (Å²) >= 11 is 0. The number of carbonyl (C=O) groups excluding carboxylic acids is 1. The van der Waals surface area contributed by atoms with Crippen molar-refractivity contribution in [2.75, 3.05) is 43.1 Å². The summed E-state index contributed by atoms with van der Waals surface area (Å²) in [4.78, 5) is 14.7. The molecular weight excluding hydrogens is 354 g/mol. The van der Waals surface area contributed by atoms with Gasteiger partial charge in [-0.05, 0) is 55.0 Å². The fraction of sp³-hybridized carbons (Fsp3) is 0.273. The Balaban J connectivity index is 1.66. The standard InChI is InChI=1S/C22H23N3O3/c1-2-28-21-9-5-19(6-10-21)24-22(26)18(16-23)15-17-3-7-20(8-4-17)25-11-13-27-14-12-25/h3-10,15H,2,11-14H2,1H3,(H,24,26)/b18-15-. The number of anilines is 2. The first-order valence-corrected chi connectivity index (χ1v) is 9.28. The highest BCUT2D eigenvalue weighted by atomic mass is 16.5. The maximum Gasteiger partial charge on any atom is 0.266 e. The van der Waals surface area contributed by atoms with Crippen molar-refractivity contribution in [2.24, 2.45) is 0 Å². The van der Waals surface area contributed by atoms with Crippen LogP contribution >= 0.6 is 0 Å². The number of benzene rings is 2. The lowest BCUT2D eigenvalue weighted by Crippen LogP contribution is -2.36. The number of hydrogen-bond acceptors (Lipinski definition) is 5. The van der Waals surface area contributed by atoms with E-state index in [-0.39, 0.29) is 5.57 Å². The fourth-order valence-electron chi connectivity index (χ4n) is 2.92. The molecule has 2 aromatic rings. The van der Waals surface area contributed by atoms with Gasteiger partial charge in [0, 0.05) is 24.5 Å². The maximum absolute atomic E-state index is 12.4. The summed E-state index contributed by atoms with van der Waals surface area (Å²) in [5.41, 5.74) is 2.57. The van der Waals surface area contributed by atoms with Crippen molar-refractivity contribution in [3.8, 4) is 11.8 Å². The van der Waals surface area contributed by atoms with Gasteiger partial charge >= 0.3 is 0 Å². The third-order valence-electron chi connectivity index (χ3n) is 4.37. The van der Waals surface area contributed by atoms with E-state index >= 15 is 0 Å². The minimum absolute atomic E-state index is 0.0491. The van der Waals surface area contributed by atoms with Crippen LogP contribution in [0.5, 0.6) is 5.75 Å². The van der Waals surface area contributed by atoms with Crippen LogP contribution in [0.4, 0.5) is 11.4 Å². The van der Waals surface area contributed by atoms with E-state index in [0.29, 0.717) is 12.3 Å². The molecule has 6 heteroatoms. The molecule has 1 heterocycles. The number of rotatable bonds is 6. The third kappa shape index (κ3) is 5.12. The predicted molar refractivity (Wildman–Crippen MR) is 109 cm³/mol. The Morgan fingerprint density at radius 2 is 1.86 bits per heavy atom. The van der Waals surface area contributed by atoms with E-state index in [1.54, 1.807) is 30.3 Å². The van der Waals surface area contributed by atoms with Crippen molar-refractivity contribution in [1.29, 1.82) is 5.26 Å². The average molecular weight is 377 g/mol. The predicted octanol–water partition coefficient (Wildman–Crippen LogP) is 3.47. The molecule has 0 unspecified atom stereocenters. The number of nitrogens with one attached hydrogen (secondary N) is 1. The zero-order valence-corrected chi connectivity index (χ0v) is 15.9. The number of nitriles is 1. The van der Waals surface area contributed by atoms with Gasteiger partial charge in [0.15, 0.2) is 0 Å². The van der Waals surface area contributed by atoms with E-state index in [0.717, 1.165) is 43.3 Å². The Labute approximate surface area is 165 Å². The molecule has 0 radical (unpaired) electrons. The second-order valence-corrected chi connectivity index (χ2v) is 6.27. The van der Waals surface area contributed by atoms with Crippen molar-refractivity contribution in [3.63, 3.8) is 0 Å². The summed E-state index contributed by atoms with van der Waals surface area (Å²) in [6.45, 7) is 5.68. The first-order valence-electron chi connectivity index (χ1n) is 9.28. The summed E-state index contributed by atoms with van der Waals surface area (Å²) in [7, 11) is 0. The monoisotopic (exact) mass is 377 g/mol. The lowest BCUT2D eigenvalue weighted by atomic mass is 10.1. The second kappa shape index (κ2) is 9.58. The van der Waals surface area contributed by atoms with Crippen LogP contribution in [-0.2, 0) is 9.53 Å². The summed E-state index contributed by atoms with van der Waals surface area (Å²) in [5.74, 6) is 0.292. The fourth-order valence-corrected chi connectivity index (χ4v) is 2.92. The third-order valence-corrected chi connectivity index (χ3v) is 4.37. The molecular formula is C22H23N3O3. The van der Waals surface area contributed by atoms with Gasteiger partial charge in [-0.15, -0.1) is 0 Å². The van der Waals surface area contributed by atoms with Crippen molar-refractivity contribution in [2.45, 2.75) is 6.92 Å². The number of nitrogens with zero attached hydrogens (tertiary/aromatic N) is 2. The van der Waals surface area contributed by atoms with Gasteiger partial charge in [0.25, 0.3) is 5.91 Å². The van der Waals surface area contributed by atoms with Gasteiger partial charge in [-0.3, -0.25) is 4.79 Å².